The molecule has 0 fully saturated rings. The summed E-state index contributed by atoms with van der Waals surface area (Å²) in [5.74, 6) is 0. The van der Waals surface area contributed by atoms with Crippen molar-refractivity contribution in [3.05, 3.63) is 90.8 Å². The summed E-state index contributed by atoms with van der Waals surface area (Å²) in [6.45, 7) is 0. The Kier molecular flexibility index (Phi) is 3.28. The summed E-state index contributed by atoms with van der Waals surface area (Å²) in [7, 11) is 0. The van der Waals surface area contributed by atoms with Gasteiger partial charge in [0.2, 0.25) is 0 Å². The monoisotopic (exact) mass is 297 g/mol. The molecular formula is C21H15NO. The zero-order valence-corrected chi connectivity index (χ0v) is 12.5. The van der Waals surface area contributed by atoms with E-state index in [1.54, 1.807) is 0 Å². The number of carbonyl (C=O) groups excluding carboxylic acids is 1. The fraction of sp³-hybridized carbons (Fsp3) is 0. The van der Waals surface area contributed by atoms with Crippen LogP contribution in [0.3, 0.4) is 0 Å². The second-order valence-corrected chi connectivity index (χ2v) is 5.55. The van der Waals surface area contributed by atoms with Crippen LogP contribution in [0.15, 0.2) is 85.2 Å². The van der Waals surface area contributed by atoms with Gasteiger partial charge in [-0.05, 0) is 34.7 Å². The van der Waals surface area contributed by atoms with E-state index in [9.17, 15) is 4.79 Å². The van der Waals surface area contributed by atoms with Crippen molar-refractivity contribution in [1.29, 1.82) is 0 Å². The minimum absolute atomic E-state index is 0.695. The molecular weight excluding hydrogens is 282 g/mol. The number of benzene rings is 3. The van der Waals surface area contributed by atoms with Crippen molar-refractivity contribution in [3.8, 4) is 16.8 Å². The van der Waals surface area contributed by atoms with Crippen LogP contribution in [0.4, 0.5) is 0 Å². The number of hydrogen-bond acceptors (Lipinski definition) is 1. The standard InChI is InChI=1S/C21H15NO/c23-15-16-5-3-8-18(13-16)19-11-12-22(14-19)21-10-4-7-17-6-1-2-9-20(17)21/h1-15H. The Morgan fingerprint density at radius 3 is 2.52 bits per heavy atom. The summed E-state index contributed by atoms with van der Waals surface area (Å²) in [5, 5.41) is 2.45. The number of rotatable bonds is 3. The highest BCUT2D eigenvalue weighted by Gasteiger charge is 2.05. The quantitative estimate of drug-likeness (QED) is 0.482. The van der Waals surface area contributed by atoms with Crippen LogP contribution in [0.25, 0.3) is 27.6 Å². The molecule has 2 nitrogen and oxygen atoms in total. The Labute approximate surface area is 134 Å². The van der Waals surface area contributed by atoms with Crippen LogP contribution in [0.1, 0.15) is 10.4 Å². The lowest BCUT2D eigenvalue weighted by Gasteiger charge is -2.07. The molecule has 0 bridgehead atoms. The van der Waals surface area contributed by atoms with E-state index in [-0.39, 0.29) is 0 Å². The molecule has 0 saturated carbocycles. The van der Waals surface area contributed by atoms with Crippen molar-refractivity contribution < 1.29 is 4.79 Å². The van der Waals surface area contributed by atoms with Gasteiger partial charge in [0.25, 0.3) is 0 Å². The van der Waals surface area contributed by atoms with Gasteiger partial charge in [0.15, 0.2) is 0 Å². The van der Waals surface area contributed by atoms with Gasteiger partial charge < -0.3 is 4.57 Å². The second-order valence-electron chi connectivity index (χ2n) is 5.55. The van der Waals surface area contributed by atoms with Crippen LogP contribution in [0, 0.1) is 0 Å². The van der Waals surface area contributed by atoms with Crippen molar-refractivity contribution in [2.45, 2.75) is 0 Å². The van der Waals surface area contributed by atoms with E-state index >= 15 is 0 Å². The van der Waals surface area contributed by atoms with Crippen molar-refractivity contribution in [2.75, 3.05) is 0 Å². The minimum atomic E-state index is 0.695. The maximum absolute atomic E-state index is 11.0. The highest BCUT2D eigenvalue weighted by molar-refractivity contribution is 5.90. The number of fused-ring (bicyclic) bond motifs is 1. The smallest absolute Gasteiger partial charge is 0.150 e. The summed E-state index contributed by atoms with van der Waals surface area (Å²) >= 11 is 0. The van der Waals surface area contributed by atoms with E-state index in [0.29, 0.717) is 5.56 Å². The first-order valence-electron chi connectivity index (χ1n) is 7.57. The molecule has 0 spiro atoms. The van der Waals surface area contributed by atoms with Gasteiger partial charge in [-0.25, -0.2) is 0 Å². The lowest BCUT2D eigenvalue weighted by Crippen LogP contribution is -1.91. The average molecular weight is 297 g/mol. The van der Waals surface area contributed by atoms with Gasteiger partial charge in [0, 0.05) is 23.3 Å². The molecule has 0 aliphatic heterocycles. The zero-order chi connectivity index (χ0) is 15.6. The zero-order valence-electron chi connectivity index (χ0n) is 12.5. The van der Waals surface area contributed by atoms with Crippen LogP contribution >= 0.6 is 0 Å². The fourth-order valence-corrected chi connectivity index (χ4v) is 2.94. The Bertz CT molecular complexity index is 992. The van der Waals surface area contributed by atoms with Crippen molar-refractivity contribution in [3.63, 3.8) is 0 Å². The fourth-order valence-electron chi connectivity index (χ4n) is 2.94. The van der Waals surface area contributed by atoms with E-state index in [1.165, 1.54) is 10.8 Å². The third-order valence-electron chi connectivity index (χ3n) is 4.09. The van der Waals surface area contributed by atoms with Gasteiger partial charge in [0.05, 0.1) is 5.69 Å². The SMILES string of the molecule is O=Cc1cccc(-c2ccn(-c3cccc4ccccc34)c2)c1. The minimum Gasteiger partial charge on any atom is -0.323 e. The topological polar surface area (TPSA) is 22.0 Å². The van der Waals surface area contributed by atoms with Crippen molar-refractivity contribution >= 4 is 17.1 Å². The number of hydrogen-bond donors (Lipinski definition) is 0. The molecule has 0 atom stereocenters. The van der Waals surface area contributed by atoms with Gasteiger partial charge in [-0.1, -0.05) is 54.6 Å². The molecule has 23 heavy (non-hydrogen) atoms. The summed E-state index contributed by atoms with van der Waals surface area (Å²) < 4.78 is 2.13. The summed E-state index contributed by atoms with van der Waals surface area (Å²) in [6, 6.07) is 24.4. The predicted molar refractivity (Wildman–Crippen MR) is 94.1 cm³/mol. The Morgan fingerprint density at radius 2 is 1.61 bits per heavy atom. The Balaban J connectivity index is 1.82. The van der Waals surface area contributed by atoms with Gasteiger partial charge >= 0.3 is 0 Å². The maximum Gasteiger partial charge on any atom is 0.150 e. The molecule has 4 aromatic rings. The highest BCUT2D eigenvalue weighted by Crippen LogP contribution is 2.26. The van der Waals surface area contributed by atoms with E-state index in [0.717, 1.165) is 23.1 Å². The number of nitrogens with zero attached hydrogens (tertiary/aromatic N) is 1. The second kappa shape index (κ2) is 5.58. The highest BCUT2D eigenvalue weighted by atomic mass is 16.1. The van der Waals surface area contributed by atoms with Gasteiger partial charge in [-0.3, -0.25) is 4.79 Å². The first-order chi connectivity index (χ1) is 11.3. The van der Waals surface area contributed by atoms with Crippen molar-refractivity contribution in [2.24, 2.45) is 0 Å². The lowest BCUT2D eigenvalue weighted by molar-refractivity contribution is 0.112. The molecule has 1 heterocycles. The molecule has 0 unspecified atom stereocenters. The van der Waals surface area contributed by atoms with E-state index in [1.807, 2.05) is 24.3 Å². The van der Waals surface area contributed by atoms with Gasteiger partial charge in [0.1, 0.15) is 6.29 Å². The molecule has 0 N–H and O–H groups in total. The lowest BCUT2D eigenvalue weighted by atomic mass is 10.1. The predicted octanol–water partition coefficient (Wildman–Crippen LogP) is 5.11. The van der Waals surface area contributed by atoms with Crippen LogP contribution in [0.5, 0.6) is 0 Å². The van der Waals surface area contributed by atoms with E-state index in [4.69, 9.17) is 0 Å². The summed E-state index contributed by atoms with van der Waals surface area (Å²) in [4.78, 5) is 11.0. The number of aldehydes is 1. The molecule has 1 aromatic heterocycles. The van der Waals surface area contributed by atoms with Crippen LogP contribution in [-0.4, -0.2) is 10.9 Å². The largest absolute Gasteiger partial charge is 0.323 e. The first kappa shape index (κ1) is 13.5. The van der Waals surface area contributed by atoms with Crippen molar-refractivity contribution in [1.82, 2.24) is 4.57 Å². The number of aromatic nitrogens is 1. The normalized spacial score (nSPS) is 10.8. The van der Waals surface area contributed by atoms with Crippen LogP contribution < -0.4 is 0 Å². The molecule has 0 aliphatic rings. The third-order valence-corrected chi connectivity index (χ3v) is 4.09. The average Bonchev–Trinajstić information content (AvgIpc) is 3.11. The molecule has 0 saturated heterocycles. The van der Waals surface area contributed by atoms with Crippen LogP contribution in [-0.2, 0) is 0 Å². The first-order valence-corrected chi connectivity index (χ1v) is 7.57. The number of carbonyl (C=O) groups is 1. The molecule has 4 rings (SSSR count). The summed E-state index contributed by atoms with van der Waals surface area (Å²) in [6.07, 6.45) is 5.04. The van der Waals surface area contributed by atoms with Gasteiger partial charge in [-0.15, -0.1) is 0 Å². The molecule has 0 radical (unpaired) electrons. The molecule has 3 aromatic carbocycles. The molecule has 0 amide bonds. The Morgan fingerprint density at radius 1 is 0.783 bits per heavy atom. The third kappa shape index (κ3) is 2.44. The van der Waals surface area contributed by atoms with Gasteiger partial charge in [-0.2, -0.15) is 0 Å². The van der Waals surface area contributed by atoms with E-state index < -0.39 is 0 Å². The van der Waals surface area contributed by atoms with Crippen LogP contribution in [0.2, 0.25) is 0 Å². The molecule has 2 heteroatoms. The molecule has 110 valence electrons. The maximum atomic E-state index is 11.0. The van der Waals surface area contributed by atoms with E-state index in [2.05, 4.69) is 65.5 Å². The summed E-state index contributed by atoms with van der Waals surface area (Å²) in [5.41, 5.74) is 4.00. The molecule has 0 aliphatic carbocycles. The Hall–Kier alpha value is -3.13.